The lowest BCUT2D eigenvalue weighted by molar-refractivity contribution is 0.331. The first kappa shape index (κ1) is 21.8. The molecule has 9 nitrogen and oxygen atoms in total. The fourth-order valence-electron chi connectivity index (χ4n) is 2.83. The van der Waals surface area contributed by atoms with Gasteiger partial charge in [-0.3, -0.25) is 4.79 Å². The van der Waals surface area contributed by atoms with Crippen LogP contribution in [0.4, 0.5) is 0 Å². The molecule has 1 N–H and O–H groups in total. The second-order valence-electron chi connectivity index (χ2n) is 6.07. The fourth-order valence-corrected chi connectivity index (χ4v) is 3.10. The summed E-state index contributed by atoms with van der Waals surface area (Å²) in [7, 11) is 4.34. The van der Waals surface area contributed by atoms with Gasteiger partial charge < -0.3 is 23.9 Å². The van der Waals surface area contributed by atoms with Gasteiger partial charge in [0.1, 0.15) is 6.61 Å². The number of benzene rings is 2. The summed E-state index contributed by atoms with van der Waals surface area (Å²) in [6.45, 7) is 0.0135. The highest BCUT2D eigenvalue weighted by molar-refractivity contribution is 6.32. The van der Waals surface area contributed by atoms with Crippen molar-refractivity contribution in [2.24, 2.45) is 5.10 Å². The van der Waals surface area contributed by atoms with Crippen molar-refractivity contribution >= 4 is 28.7 Å². The Morgan fingerprint density at radius 2 is 1.77 bits per heavy atom. The Labute approximate surface area is 181 Å². The van der Waals surface area contributed by atoms with Gasteiger partial charge in [-0.2, -0.15) is 5.10 Å². The van der Waals surface area contributed by atoms with Gasteiger partial charge in [0.05, 0.1) is 43.5 Å². The van der Waals surface area contributed by atoms with Crippen molar-refractivity contribution < 1.29 is 18.9 Å². The van der Waals surface area contributed by atoms with Crippen LogP contribution in [0.15, 0.2) is 39.0 Å². The third kappa shape index (κ3) is 4.34. The zero-order valence-corrected chi connectivity index (χ0v) is 17.6. The van der Waals surface area contributed by atoms with E-state index >= 15 is 0 Å². The summed E-state index contributed by atoms with van der Waals surface area (Å²) in [5, 5.41) is 4.43. The summed E-state index contributed by atoms with van der Waals surface area (Å²) in [6, 6.07) is 6.09. The molecule has 0 aliphatic carbocycles. The quantitative estimate of drug-likeness (QED) is 0.443. The van der Waals surface area contributed by atoms with Crippen LogP contribution in [0.5, 0.6) is 23.0 Å². The zero-order chi connectivity index (χ0) is 22.5. The van der Waals surface area contributed by atoms with Gasteiger partial charge in [0, 0.05) is 6.07 Å². The maximum atomic E-state index is 12.8. The van der Waals surface area contributed by atoms with E-state index in [9.17, 15) is 9.59 Å². The number of hydrogen-bond donors (Lipinski definition) is 1. The molecule has 10 heteroatoms. The number of hydrogen-bond acceptors (Lipinski definition) is 7. The van der Waals surface area contributed by atoms with Crippen LogP contribution >= 0.6 is 11.6 Å². The van der Waals surface area contributed by atoms with E-state index in [4.69, 9.17) is 37.0 Å². The van der Waals surface area contributed by atoms with Gasteiger partial charge in [-0.05, 0) is 23.8 Å². The molecule has 0 saturated carbocycles. The van der Waals surface area contributed by atoms with Crippen LogP contribution in [0.3, 0.4) is 0 Å². The molecule has 0 fully saturated rings. The number of aromatic nitrogens is 2. The monoisotopic (exact) mass is 443 g/mol. The standard InChI is InChI=1S/C21H18ClN3O6/c1-5-6-31-19-14(22)7-12(8-18(19)30-4)11-23-25-20(26)13-9-16(28-2)17(29-3)10-15(13)24-21(25)27/h1,7-11H,6H2,2-4H3,(H,24,27). The van der Waals surface area contributed by atoms with Crippen molar-refractivity contribution in [3.8, 4) is 35.3 Å². The molecular weight excluding hydrogens is 426 g/mol. The van der Waals surface area contributed by atoms with E-state index in [-0.39, 0.29) is 22.8 Å². The minimum absolute atomic E-state index is 0.0135. The van der Waals surface area contributed by atoms with Gasteiger partial charge >= 0.3 is 5.69 Å². The van der Waals surface area contributed by atoms with E-state index in [0.717, 1.165) is 0 Å². The molecule has 0 spiro atoms. The molecule has 0 amide bonds. The van der Waals surface area contributed by atoms with Gasteiger partial charge in [0.2, 0.25) is 0 Å². The van der Waals surface area contributed by atoms with Crippen LogP contribution in [0.1, 0.15) is 5.56 Å². The molecule has 160 valence electrons. The average Bonchev–Trinajstić information content (AvgIpc) is 2.77. The summed E-state index contributed by atoms with van der Waals surface area (Å²) in [5.74, 6) is 3.66. The topological polar surface area (TPSA) is 104 Å². The molecule has 0 aliphatic heterocycles. The van der Waals surface area contributed by atoms with Gasteiger partial charge in [-0.25, -0.2) is 4.79 Å². The Kier molecular flexibility index (Phi) is 6.52. The van der Waals surface area contributed by atoms with Crippen LogP contribution in [0.2, 0.25) is 5.02 Å². The van der Waals surface area contributed by atoms with E-state index in [1.807, 2.05) is 0 Å². The second kappa shape index (κ2) is 9.28. The molecule has 0 unspecified atom stereocenters. The molecule has 3 rings (SSSR count). The van der Waals surface area contributed by atoms with E-state index in [0.29, 0.717) is 33.0 Å². The molecular formula is C21H18ClN3O6. The first-order valence-corrected chi connectivity index (χ1v) is 9.20. The number of halogens is 1. The average molecular weight is 444 g/mol. The Bertz CT molecular complexity index is 1320. The highest BCUT2D eigenvalue weighted by atomic mass is 35.5. The second-order valence-corrected chi connectivity index (χ2v) is 6.48. The maximum Gasteiger partial charge on any atom is 0.349 e. The van der Waals surface area contributed by atoms with Crippen LogP contribution in [0, 0.1) is 12.3 Å². The fraction of sp³-hybridized carbons (Fsp3) is 0.190. The molecule has 0 atom stereocenters. The molecule has 3 aromatic rings. The number of nitrogens with zero attached hydrogens (tertiary/aromatic N) is 2. The SMILES string of the molecule is C#CCOc1c(Cl)cc(C=Nn2c(=O)[nH]c3cc(OC)c(OC)cc3c2=O)cc1OC. The highest BCUT2D eigenvalue weighted by Gasteiger charge is 2.14. The molecule has 1 heterocycles. The maximum absolute atomic E-state index is 12.8. The minimum Gasteiger partial charge on any atom is -0.493 e. The number of fused-ring (bicyclic) bond motifs is 1. The number of H-pyrrole nitrogens is 1. The largest absolute Gasteiger partial charge is 0.493 e. The molecule has 0 bridgehead atoms. The Hall–Kier alpha value is -3.90. The predicted octanol–water partition coefficient (Wildman–Crippen LogP) is 2.26. The lowest BCUT2D eigenvalue weighted by Crippen LogP contribution is -2.32. The zero-order valence-electron chi connectivity index (χ0n) is 16.9. The van der Waals surface area contributed by atoms with Gasteiger partial charge in [0.25, 0.3) is 5.56 Å². The first-order valence-electron chi connectivity index (χ1n) is 8.82. The molecule has 0 saturated heterocycles. The van der Waals surface area contributed by atoms with Crippen molar-refractivity contribution in [3.63, 3.8) is 0 Å². The van der Waals surface area contributed by atoms with Crippen molar-refractivity contribution in [1.82, 2.24) is 9.66 Å². The number of terminal acetylenes is 1. The van der Waals surface area contributed by atoms with Crippen molar-refractivity contribution in [2.45, 2.75) is 0 Å². The first-order chi connectivity index (χ1) is 14.9. The summed E-state index contributed by atoms with van der Waals surface area (Å²) < 4.78 is 21.8. The lowest BCUT2D eigenvalue weighted by Gasteiger charge is -2.11. The Morgan fingerprint density at radius 1 is 1.10 bits per heavy atom. The lowest BCUT2D eigenvalue weighted by atomic mass is 10.2. The minimum atomic E-state index is -0.729. The van der Waals surface area contributed by atoms with Gasteiger partial charge in [-0.1, -0.05) is 17.5 Å². The predicted molar refractivity (Wildman–Crippen MR) is 117 cm³/mol. The molecule has 1 aromatic heterocycles. The number of rotatable bonds is 7. The molecule has 2 aromatic carbocycles. The smallest absolute Gasteiger partial charge is 0.349 e. The molecule has 0 radical (unpaired) electrons. The third-order valence-corrected chi connectivity index (χ3v) is 4.54. The number of nitrogens with one attached hydrogen (secondary N) is 1. The number of ether oxygens (including phenoxy) is 4. The molecule has 31 heavy (non-hydrogen) atoms. The van der Waals surface area contributed by atoms with Gasteiger partial charge in [0.15, 0.2) is 23.0 Å². The summed E-state index contributed by atoms with van der Waals surface area (Å²) in [5.41, 5.74) is -0.608. The van der Waals surface area contributed by atoms with E-state index < -0.39 is 11.2 Å². The van der Waals surface area contributed by atoms with Crippen molar-refractivity contribution in [2.75, 3.05) is 27.9 Å². The third-order valence-electron chi connectivity index (χ3n) is 4.25. The van der Waals surface area contributed by atoms with Crippen LogP contribution < -0.4 is 30.2 Å². The van der Waals surface area contributed by atoms with Gasteiger partial charge in [-0.15, -0.1) is 11.1 Å². The van der Waals surface area contributed by atoms with Crippen molar-refractivity contribution in [1.29, 1.82) is 0 Å². The Morgan fingerprint density at radius 3 is 2.42 bits per heavy atom. The number of methoxy groups -OCH3 is 3. The van der Waals surface area contributed by atoms with E-state index in [1.54, 1.807) is 6.07 Å². The van der Waals surface area contributed by atoms with Crippen LogP contribution in [0.25, 0.3) is 10.9 Å². The van der Waals surface area contributed by atoms with E-state index in [2.05, 4.69) is 16.0 Å². The van der Waals surface area contributed by atoms with Crippen LogP contribution in [-0.2, 0) is 0 Å². The molecule has 0 aliphatic rings. The summed E-state index contributed by atoms with van der Waals surface area (Å²) >= 11 is 6.24. The van der Waals surface area contributed by atoms with E-state index in [1.165, 1.54) is 45.7 Å². The van der Waals surface area contributed by atoms with Crippen LogP contribution in [-0.4, -0.2) is 43.8 Å². The Balaban J connectivity index is 2.07. The van der Waals surface area contributed by atoms with Crippen molar-refractivity contribution in [3.05, 3.63) is 55.7 Å². The number of aromatic amines is 1. The normalized spacial score (nSPS) is 10.8. The summed E-state index contributed by atoms with van der Waals surface area (Å²) in [6.07, 6.45) is 6.50. The highest BCUT2D eigenvalue weighted by Crippen LogP contribution is 2.36. The summed E-state index contributed by atoms with van der Waals surface area (Å²) in [4.78, 5) is 27.9.